The molecule has 0 spiro atoms. The van der Waals surface area contributed by atoms with Gasteiger partial charge in [-0.1, -0.05) is 12.1 Å². The smallest absolute Gasteiger partial charge is 0.124 e. The van der Waals surface area contributed by atoms with Gasteiger partial charge in [-0.25, -0.2) is 0 Å². The zero-order chi connectivity index (χ0) is 16.9. The van der Waals surface area contributed by atoms with Crippen molar-refractivity contribution in [2.45, 2.75) is 12.2 Å². The van der Waals surface area contributed by atoms with Crippen LogP contribution in [0.15, 0.2) is 48.5 Å². The van der Waals surface area contributed by atoms with Crippen LogP contribution >= 0.6 is 0 Å². The van der Waals surface area contributed by atoms with Gasteiger partial charge in [0.25, 0.3) is 0 Å². The van der Waals surface area contributed by atoms with Crippen molar-refractivity contribution in [3.8, 4) is 17.9 Å². The molecule has 1 aliphatic rings. The maximum absolute atomic E-state index is 10.3. The van der Waals surface area contributed by atoms with Gasteiger partial charge in [0.15, 0.2) is 0 Å². The van der Waals surface area contributed by atoms with Gasteiger partial charge in [-0.05, 0) is 42.0 Å². The molecule has 0 saturated carbocycles. The van der Waals surface area contributed by atoms with Crippen LogP contribution in [0.3, 0.4) is 0 Å². The third kappa shape index (κ3) is 3.72. The number of benzene rings is 2. The monoisotopic (exact) mass is 319 g/mol. The summed E-state index contributed by atoms with van der Waals surface area (Å²) in [6, 6.07) is 18.2. The Labute approximate surface area is 140 Å². The van der Waals surface area contributed by atoms with Crippen molar-refractivity contribution in [2.24, 2.45) is 0 Å². The van der Waals surface area contributed by atoms with E-state index in [0.29, 0.717) is 17.7 Å². The first-order valence-electron chi connectivity index (χ1n) is 7.75. The number of rotatable bonds is 5. The number of hydrogen-bond donors (Lipinski definition) is 1. The Kier molecular flexibility index (Phi) is 4.77. The molecule has 0 aromatic heterocycles. The standard InChI is InChI=1S/C19H17N3O2/c20-9-14-1-5-16(6-2-14)19(23)13-22-11-18(12-22)24-17-7-3-15(10-21)4-8-17/h1-8,18-19,23H,11-13H2. The lowest BCUT2D eigenvalue weighted by molar-refractivity contribution is -0.00852. The van der Waals surface area contributed by atoms with Crippen molar-refractivity contribution in [3.05, 3.63) is 65.2 Å². The second-order valence-corrected chi connectivity index (χ2v) is 5.84. The molecule has 0 amide bonds. The van der Waals surface area contributed by atoms with Crippen molar-refractivity contribution in [1.29, 1.82) is 10.5 Å². The summed E-state index contributed by atoms with van der Waals surface area (Å²) in [5.74, 6) is 0.756. The molecule has 1 N–H and O–H groups in total. The van der Waals surface area contributed by atoms with E-state index in [1.165, 1.54) is 0 Å². The highest BCUT2D eigenvalue weighted by atomic mass is 16.5. The zero-order valence-electron chi connectivity index (χ0n) is 13.1. The lowest BCUT2D eigenvalue weighted by Gasteiger charge is -2.40. The van der Waals surface area contributed by atoms with Crippen LogP contribution < -0.4 is 4.74 Å². The van der Waals surface area contributed by atoms with Gasteiger partial charge in [0.05, 0.1) is 29.4 Å². The van der Waals surface area contributed by atoms with Crippen LogP contribution in [-0.4, -0.2) is 35.7 Å². The summed E-state index contributed by atoms with van der Waals surface area (Å²) in [5.41, 5.74) is 2.01. The molecule has 2 aromatic carbocycles. The lowest BCUT2D eigenvalue weighted by atomic mass is 10.0. The Morgan fingerprint density at radius 3 is 2.08 bits per heavy atom. The summed E-state index contributed by atoms with van der Waals surface area (Å²) in [7, 11) is 0. The molecular weight excluding hydrogens is 302 g/mol. The summed E-state index contributed by atoms with van der Waals surface area (Å²) in [4.78, 5) is 2.12. The van der Waals surface area contributed by atoms with Gasteiger partial charge < -0.3 is 9.84 Å². The van der Waals surface area contributed by atoms with Gasteiger partial charge in [-0.3, -0.25) is 4.90 Å². The van der Waals surface area contributed by atoms with Gasteiger partial charge in [-0.2, -0.15) is 10.5 Å². The average molecular weight is 319 g/mol. The van der Waals surface area contributed by atoms with E-state index >= 15 is 0 Å². The van der Waals surface area contributed by atoms with E-state index in [9.17, 15) is 5.11 Å². The molecule has 3 rings (SSSR count). The van der Waals surface area contributed by atoms with Crippen LogP contribution in [-0.2, 0) is 0 Å². The fraction of sp³-hybridized carbons (Fsp3) is 0.263. The first kappa shape index (κ1) is 16.0. The van der Waals surface area contributed by atoms with Crippen LogP contribution in [0.25, 0.3) is 0 Å². The fourth-order valence-corrected chi connectivity index (χ4v) is 2.68. The summed E-state index contributed by atoms with van der Waals surface area (Å²) in [6.07, 6.45) is -0.472. The van der Waals surface area contributed by atoms with Gasteiger partial charge in [0, 0.05) is 19.6 Å². The summed E-state index contributed by atoms with van der Waals surface area (Å²) in [5, 5.41) is 27.8. The molecule has 1 heterocycles. The van der Waals surface area contributed by atoms with E-state index in [0.717, 1.165) is 24.4 Å². The molecule has 120 valence electrons. The van der Waals surface area contributed by atoms with Gasteiger partial charge in [0.1, 0.15) is 11.9 Å². The van der Waals surface area contributed by atoms with Gasteiger partial charge in [-0.15, -0.1) is 0 Å². The predicted molar refractivity (Wildman–Crippen MR) is 88.1 cm³/mol. The number of aliphatic hydroxyl groups is 1. The Morgan fingerprint density at radius 1 is 1.00 bits per heavy atom. The number of ether oxygens (including phenoxy) is 1. The summed E-state index contributed by atoms with van der Waals surface area (Å²) < 4.78 is 5.83. The molecule has 5 nitrogen and oxygen atoms in total. The highest BCUT2D eigenvalue weighted by Gasteiger charge is 2.30. The number of nitriles is 2. The number of hydrogen-bond acceptors (Lipinski definition) is 5. The van der Waals surface area contributed by atoms with Crippen LogP contribution in [0.5, 0.6) is 5.75 Å². The zero-order valence-corrected chi connectivity index (χ0v) is 13.1. The molecule has 0 aliphatic carbocycles. The molecule has 1 fully saturated rings. The molecule has 1 aliphatic heterocycles. The van der Waals surface area contributed by atoms with E-state index in [-0.39, 0.29) is 6.10 Å². The highest BCUT2D eigenvalue weighted by molar-refractivity contribution is 5.35. The first-order chi connectivity index (χ1) is 11.7. The summed E-state index contributed by atoms with van der Waals surface area (Å²) in [6.45, 7) is 2.06. The van der Waals surface area contributed by atoms with Crippen LogP contribution in [0.2, 0.25) is 0 Å². The first-order valence-corrected chi connectivity index (χ1v) is 7.75. The van der Waals surface area contributed by atoms with Crippen molar-refractivity contribution < 1.29 is 9.84 Å². The Bertz CT molecular complexity index is 766. The Morgan fingerprint density at radius 2 is 1.54 bits per heavy atom. The minimum absolute atomic E-state index is 0.103. The molecule has 24 heavy (non-hydrogen) atoms. The second-order valence-electron chi connectivity index (χ2n) is 5.84. The normalized spacial score (nSPS) is 15.8. The number of likely N-dealkylation sites (tertiary alicyclic amines) is 1. The third-order valence-electron chi connectivity index (χ3n) is 4.07. The lowest BCUT2D eigenvalue weighted by Crippen LogP contribution is -2.54. The van der Waals surface area contributed by atoms with Gasteiger partial charge in [0.2, 0.25) is 0 Å². The van der Waals surface area contributed by atoms with E-state index < -0.39 is 6.10 Å². The third-order valence-corrected chi connectivity index (χ3v) is 4.07. The van der Waals surface area contributed by atoms with E-state index in [1.807, 2.05) is 0 Å². The molecule has 1 saturated heterocycles. The van der Waals surface area contributed by atoms with Crippen molar-refractivity contribution in [3.63, 3.8) is 0 Å². The number of β-amino-alcohol motifs (C(OH)–C–C–N with tert-alkyl or cyclic N) is 1. The maximum atomic E-state index is 10.3. The van der Waals surface area contributed by atoms with Crippen LogP contribution in [0.4, 0.5) is 0 Å². The summed E-state index contributed by atoms with van der Waals surface area (Å²) >= 11 is 0. The van der Waals surface area contributed by atoms with Crippen LogP contribution in [0, 0.1) is 22.7 Å². The Balaban J connectivity index is 1.46. The molecule has 0 bridgehead atoms. The second kappa shape index (κ2) is 7.14. The van der Waals surface area contributed by atoms with Gasteiger partial charge >= 0.3 is 0 Å². The molecule has 2 aromatic rings. The van der Waals surface area contributed by atoms with E-state index in [4.69, 9.17) is 15.3 Å². The van der Waals surface area contributed by atoms with E-state index in [2.05, 4.69) is 17.0 Å². The quantitative estimate of drug-likeness (QED) is 0.914. The van der Waals surface area contributed by atoms with Crippen molar-refractivity contribution in [2.75, 3.05) is 19.6 Å². The minimum Gasteiger partial charge on any atom is -0.488 e. The number of nitrogens with zero attached hydrogens (tertiary/aromatic N) is 3. The SMILES string of the molecule is N#Cc1ccc(OC2CN(CC(O)c3ccc(C#N)cc3)C2)cc1. The molecule has 0 radical (unpaired) electrons. The average Bonchev–Trinajstić information content (AvgIpc) is 2.60. The predicted octanol–water partition coefficient (Wildman–Crippen LogP) is 2.23. The molecule has 1 unspecified atom stereocenters. The Hall–Kier alpha value is -2.86. The molecular formula is C19H17N3O2. The maximum Gasteiger partial charge on any atom is 0.124 e. The van der Waals surface area contributed by atoms with E-state index in [1.54, 1.807) is 48.5 Å². The molecule has 5 heteroatoms. The van der Waals surface area contributed by atoms with Crippen molar-refractivity contribution >= 4 is 0 Å². The fourth-order valence-electron chi connectivity index (χ4n) is 2.68. The molecule has 1 atom stereocenters. The topological polar surface area (TPSA) is 80.3 Å². The van der Waals surface area contributed by atoms with Crippen molar-refractivity contribution in [1.82, 2.24) is 4.90 Å². The van der Waals surface area contributed by atoms with Crippen LogP contribution in [0.1, 0.15) is 22.8 Å². The number of aliphatic hydroxyl groups excluding tert-OH is 1. The minimum atomic E-state index is -0.575. The highest BCUT2D eigenvalue weighted by Crippen LogP contribution is 2.22. The largest absolute Gasteiger partial charge is 0.488 e.